The predicted molar refractivity (Wildman–Crippen MR) is 75.3 cm³/mol. The fraction of sp³-hybridized carbons (Fsp3) is 0.364. The van der Waals surface area contributed by atoms with Crippen LogP contribution in [-0.4, -0.2) is 39.9 Å². The number of aryl methyl sites for hydroxylation is 1. The molecule has 102 valence electrons. The van der Waals surface area contributed by atoms with Gasteiger partial charge in [-0.25, -0.2) is 8.42 Å². The molecule has 0 bridgehead atoms. The summed E-state index contributed by atoms with van der Waals surface area (Å²) in [6.07, 6.45) is 5.08. The molecule has 2 aromatic heterocycles. The lowest BCUT2D eigenvalue weighted by Crippen LogP contribution is -2.14. The zero-order valence-electron chi connectivity index (χ0n) is 10.3. The molecule has 0 radical (unpaired) electrons. The third kappa shape index (κ3) is 3.84. The molecule has 0 spiro atoms. The number of aromatic nitrogens is 4. The minimum Gasteiger partial charge on any atom is -0.263 e. The van der Waals surface area contributed by atoms with Gasteiger partial charge in [0.15, 0.2) is 9.84 Å². The highest BCUT2D eigenvalue weighted by molar-refractivity contribution is 9.10. The van der Waals surface area contributed by atoms with E-state index in [9.17, 15) is 8.42 Å². The van der Waals surface area contributed by atoms with Gasteiger partial charge in [-0.2, -0.15) is 0 Å². The number of hydrogen-bond acceptors (Lipinski definition) is 5. The van der Waals surface area contributed by atoms with Gasteiger partial charge in [-0.3, -0.25) is 9.67 Å². The summed E-state index contributed by atoms with van der Waals surface area (Å²) in [6, 6.07) is 1.88. The Labute approximate surface area is 119 Å². The first-order chi connectivity index (χ1) is 9.00. The van der Waals surface area contributed by atoms with Crippen molar-refractivity contribution in [3.8, 4) is 11.3 Å². The molecule has 0 atom stereocenters. The largest absolute Gasteiger partial charge is 0.263 e. The van der Waals surface area contributed by atoms with Crippen molar-refractivity contribution in [2.75, 3.05) is 11.5 Å². The third-order valence-corrected chi connectivity index (χ3v) is 4.73. The lowest BCUT2D eigenvalue weighted by atomic mass is 10.2. The molecule has 0 aliphatic heterocycles. The van der Waals surface area contributed by atoms with Gasteiger partial charge in [-0.1, -0.05) is 12.1 Å². The molecular weight excluding hydrogens is 332 g/mol. The molecule has 0 aliphatic rings. The summed E-state index contributed by atoms with van der Waals surface area (Å²) in [4.78, 5) is 4.05. The van der Waals surface area contributed by atoms with Crippen molar-refractivity contribution >= 4 is 25.8 Å². The van der Waals surface area contributed by atoms with E-state index in [-0.39, 0.29) is 11.5 Å². The maximum absolute atomic E-state index is 11.4. The molecule has 0 aromatic carbocycles. The quantitative estimate of drug-likeness (QED) is 0.821. The van der Waals surface area contributed by atoms with Crippen molar-refractivity contribution in [1.82, 2.24) is 20.0 Å². The fourth-order valence-electron chi connectivity index (χ4n) is 1.47. The van der Waals surface area contributed by atoms with Gasteiger partial charge < -0.3 is 0 Å². The highest BCUT2D eigenvalue weighted by atomic mass is 79.9. The molecule has 0 saturated heterocycles. The lowest BCUT2D eigenvalue weighted by Gasteiger charge is -2.00. The van der Waals surface area contributed by atoms with Crippen LogP contribution in [0.2, 0.25) is 0 Å². The molecule has 8 heteroatoms. The first-order valence-electron chi connectivity index (χ1n) is 5.71. The average molecular weight is 345 g/mol. The molecule has 0 amide bonds. The van der Waals surface area contributed by atoms with E-state index in [1.165, 1.54) is 4.68 Å². The van der Waals surface area contributed by atoms with Gasteiger partial charge in [0.25, 0.3) is 0 Å². The van der Waals surface area contributed by atoms with Gasteiger partial charge in [0.2, 0.25) is 0 Å². The topological polar surface area (TPSA) is 77.7 Å². The van der Waals surface area contributed by atoms with Crippen LogP contribution in [0.25, 0.3) is 11.3 Å². The van der Waals surface area contributed by atoms with Crippen LogP contribution in [0, 0.1) is 0 Å². The monoisotopic (exact) mass is 344 g/mol. The zero-order chi connectivity index (χ0) is 13.9. The molecule has 2 aromatic rings. The summed E-state index contributed by atoms with van der Waals surface area (Å²) >= 11 is 3.34. The van der Waals surface area contributed by atoms with Crippen LogP contribution in [-0.2, 0) is 16.4 Å². The van der Waals surface area contributed by atoms with Gasteiger partial charge in [0.05, 0.1) is 18.5 Å². The minimum atomic E-state index is -2.99. The maximum atomic E-state index is 11.4. The Balaban J connectivity index is 2.12. The van der Waals surface area contributed by atoms with E-state index in [4.69, 9.17) is 0 Å². The number of rotatable bonds is 5. The molecule has 0 saturated carbocycles. The predicted octanol–water partition coefficient (Wildman–Crippen LogP) is 1.54. The summed E-state index contributed by atoms with van der Waals surface area (Å²) in [5, 5.41) is 7.93. The summed E-state index contributed by atoms with van der Waals surface area (Å²) in [5.74, 6) is 0.215. The third-order valence-electron chi connectivity index (χ3n) is 2.61. The van der Waals surface area contributed by atoms with Crippen molar-refractivity contribution in [3.63, 3.8) is 0 Å². The standard InChI is InChI=1S/C11H13BrN4O2S/c1-2-19(17,18)4-3-16-8-11(14-15-16)9-5-10(12)7-13-6-9/h5-8H,2-4H2,1H3. The van der Waals surface area contributed by atoms with Gasteiger partial charge in [0.1, 0.15) is 5.69 Å². The first-order valence-corrected chi connectivity index (χ1v) is 8.33. The van der Waals surface area contributed by atoms with Crippen molar-refractivity contribution in [2.24, 2.45) is 0 Å². The van der Waals surface area contributed by atoms with Gasteiger partial charge in [0, 0.05) is 28.2 Å². The van der Waals surface area contributed by atoms with Crippen LogP contribution in [0.3, 0.4) is 0 Å². The van der Waals surface area contributed by atoms with Crippen LogP contribution < -0.4 is 0 Å². The van der Waals surface area contributed by atoms with E-state index >= 15 is 0 Å². The molecule has 2 heterocycles. The first kappa shape index (κ1) is 14.1. The van der Waals surface area contributed by atoms with Crippen molar-refractivity contribution in [3.05, 3.63) is 29.1 Å². The summed E-state index contributed by atoms with van der Waals surface area (Å²) in [6.45, 7) is 1.94. The molecule has 6 nitrogen and oxygen atoms in total. The van der Waals surface area contributed by atoms with Crippen LogP contribution in [0.15, 0.2) is 29.1 Å². The minimum absolute atomic E-state index is 0.0725. The Kier molecular flexibility index (Phi) is 4.31. The van der Waals surface area contributed by atoms with Crippen molar-refractivity contribution in [2.45, 2.75) is 13.5 Å². The molecular formula is C11H13BrN4O2S. The van der Waals surface area contributed by atoms with Gasteiger partial charge in [-0.15, -0.1) is 5.10 Å². The van der Waals surface area contributed by atoms with Crippen molar-refractivity contribution < 1.29 is 8.42 Å². The summed E-state index contributed by atoms with van der Waals surface area (Å²) < 4.78 is 25.2. The lowest BCUT2D eigenvalue weighted by molar-refractivity contribution is 0.576. The SMILES string of the molecule is CCS(=O)(=O)CCn1cc(-c2cncc(Br)c2)nn1. The smallest absolute Gasteiger partial charge is 0.151 e. The van der Waals surface area contributed by atoms with Gasteiger partial charge >= 0.3 is 0 Å². The van der Waals surface area contributed by atoms with E-state index in [1.54, 1.807) is 25.5 Å². The van der Waals surface area contributed by atoms with Crippen LogP contribution in [0.4, 0.5) is 0 Å². The van der Waals surface area contributed by atoms with E-state index < -0.39 is 9.84 Å². The molecule has 0 N–H and O–H groups in total. The molecule has 19 heavy (non-hydrogen) atoms. The van der Waals surface area contributed by atoms with Gasteiger partial charge in [-0.05, 0) is 22.0 Å². The molecule has 2 rings (SSSR count). The fourth-order valence-corrected chi connectivity index (χ4v) is 2.59. The second kappa shape index (κ2) is 5.79. The Morgan fingerprint density at radius 1 is 1.37 bits per heavy atom. The number of halogens is 1. The Morgan fingerprint density at radius 3 is 2.84 bits per heavy atom. The Morgan fingerprint density at radius 2 is 2.16 bits per heavy atom. The zero-order valence-corrected chi connectivity index (χ0v) is 12.7. The van der Waals surface area contributed by atoms with E-state index in [0.29, 0.717) is 12.2 Å². The number of nitrogens with zero attached hydrogens (tertiary/aromatic N) is 4. The number of sulfone groups is 1. The maximum Gasteiger partial charge on any atom is 0.151 e. The normalized spacial score (nSPS) is 11.7. The second-order valence-electron chi connectivity index (χ2n) is 4.00. The number of hydrogen-bond donors (Lipinski definition) is 0. The highest BCUT2D eigenvalue weighted by Crippen LogP contribution is 2.18. The van der Waals surface area contributed by atoms with Crippen LogP contribution in [0.5, 0.6) is 0 Å². The van der Waals surface area contributed by atoms with Crippen LogP contribution >= 0.6 is 15.9 Å². The highest BCUT2D eigenvalue weighted by Gasteiger charge is 2.09. The van der Waals surface area contributed by atoms with Crippen molar-refractivity contribution in [1.29, 1.82) is 0 Å². The second-order valence-corrected chi connectivity index (χ2v) is 7.38. The van der Waals surface area contributed by atoms with Crippen LogP contribution in [0.1, 0.15) is 6.92 Å². The van der Waals surface area contributed by atoms with E-state index in [0.717, 1.165) is 10.0 Å². The number of pyridine rings is 1. The Bertz CT molecular complexity index is 669. The summed E-state index contributed by atoms with van der Waals surface area (Å²) in [5.41, 5.74) is 1.50. The average Bonchev–Trinajstić information content (AvgIpc) is 2.85. The summed E-state index contributed by atoms with van der Waals surface area (Å²) in [7, 11) is -2.99. The van der Waals surface area contributed by atoms with E-state index in [2.05, 4.69) is 31.2 Å². The molecule has 0 fully saturated rings. The van der Waals surface area contributed by atoms with E-state index in [1.807, 2.05) is 6.07 Å². The molecule has 0 aliphatic carbocycles. The molecule has 0 unspecified atom stereocenters. The Hall–Kier alpha value is -1.28.